The van der Waals surface area contributed by atoms with Crippen LogP contribution in [0.15, 0.2) is 66.7 Å². The molecule has 1 amide bonds. The second kappa shape index (κ2) is 13.3. The van der Waals surface area contributed by atoms with Crippen molar-refractivity contribution in [1.82, 2.24) is 0 Å². The van der Waals surface area contributed by atoms with Crippen LogP contribution in [0, 0.1) is 11.8 Å². The average molecular weight is 552 g/mol. The maximum Gasteiger partial charge on any atom is 0.225 e. The highest BCUT2D eigenvalue weighted by atomic mass is 16.5. The van der Waals surface area contributed by atoms with Gasteiger partial charge in [-0.3, -0.25) is 4.79 Å². The summed E-state index contributed by atoms with van der Waals surface area (Å²) >= 11 is 0. The van der Waals surface area contributed by atoms with Gasteiger partial charge in [-0.15, -0.1) is 0 Å². The van der Waals surface area contributed by atoms with E-state index in [2.05, 4.69) is 63.3 Å². The first-order chi connectivity index (χ1) is 19.8. The topological polar surface area (TPSA) is 38.3 Å². The Morgan fingerprint density at radius 3 is 2.22 bits per heavy atom. The molecule has 1 aliphatic heterocycles. The third-order valence-electron chi connectivity index (χ3n) is 9.32. The molecule has 41 heavy (non-hydrogen) atoms. The van der Waals surface area contributed by atoms with Crippen molar-refractivity contribution in [2.45, 2.75) is 110 Å². The van der Waals surface area contributed by atoms with Crippen LogP contribution in [0.2, 0.25) is 0 Å². The number of benzene rings is 3. The third-order valence-corrected chi connectivity index (χ3v) is 9.32. The second-order valence-corrected chi connectivity index (χ2v) is 13.7. The molecule has 0 spiro atoms. The highest BCUT2D eigenvalue weighted by molar-refractivity contribution is 5.93. The molecule has 1 N–H and O–H groups in total. The minimum atomic E-state index is -0.0641. The van der Waals surface area contributed by atoms with E-state index in [4.69, 9.17) is 4.74 Å². The van der Waals surface area contributed by atoms with Gasteiger partial charge in [0.2, 0.25) is 5.91 Å². The smallest absolute Gasteiger partial charge is 0.225 e. The van der Waals surface area contributed by atoms with Gasteiger partial charge in [0.25, 0.3) is 0 Å². The fourth-order valence-electron chi connectivity index (χ4n) is 6.91. The normalized spacial score (nSPS) is 16.4. The first kappa shape index (κ1) is 29.4. The van der Waals surface area contributed by atoms with E-state index in [9.17, 15) is 4.79 Å². The van der Waals surface area contributed by atoms with E-state index in [1.807, 2.05) is 36.4 Å². The molecule has 0 saturated heterocycles. The van der Waals surface area contributed by atoms with Crippen LogP contribution >= 0.6 is 0 Å². The fraction of sp³-hybridized carbons (Fsp3) is 0.500. The number of carbonyl (C=O) groups excluding carboxylic acids is 1. The zero-order valence-electron chi connectivity index (χ0n) is 25.7. The van der Waals surface area contributed by atoms with E-state index in [0.717, 1.165) is 46.6 Å². The summed E-state index contributed by atoms with van der Waals surface area (Å²) < 4.78 is 6.16. The van der Waals surface area contributed by atoms with Crippen LogP contribution in [-0.4, -0.2) is 5.91 Å². The Kier molecular flexibility index (Phi) is 9.53. The van der Waals surface area contributed by atoms with E-state index in [0.29, 0.717) is 6.42 Å². The van der Waals surface area contributed by atoms with E-state index in [1.165, 1.54) is 68.9 Å². The summed E-state index contributed by atoms with van der Waals surface area (Å²) in [6.45, 7) is 9.07. The molecule has 0 radical (unpaired) electrons. The Hall–Kier alpha value is -3.07. The van der Waals surface area contributed by atoms with Gasteiger partial charge >= 0.3 is 0 Å². The third kappa shape index (κ3) is 7.61. The standard InChI is InChI=1S/C38H49NO2/c1-27(13-12-16-28-14-6-5-7-15-28)21-22-29-23-24-33(38(2,3)4)34(25-29)39-37(40)26-32-30-17-8-10-19-35(30)41-36-20-11-9-18-31(32)36/h8-11,17-20,23-25,27-28,32H,5-7,12-16,21-22,26H2,1-4H3,(H,39,40). The molecule has 2 aliphatic rings. The molecule has 3 nitrogen and oxygen atoms in total. The van der Waals surface area contributed by atoms with Gasteiger partial charge in [0.1, 0.15) is 11.5 Å². The molecule has 0 aromatic heterocycles. The quantitative estimate of drug-likeness (QED) is 0.272. The first-order valence-electron chi connectivity index (χ1n) is 16.1. The molecule has 3 aromatic carbocycles. The number of hydrogen-bond acceptors (Lipinski definition) is 2. The van der Waals surface area contributed by atoms with Crippen LogP contribution in [0.1, 0.15) is 120 Å². The van der Waals surface area contributed by atoms with Crippen LogP contribution < -0.4 is 10.1 Å². The van der Waals surface area contributed by atoms with Crippen molar-refractivity contribution in [1.29, 1.82) is 0 Å². The van der Waals surface area contributed by atoms with Gasteiger partial charge in [-0.25, -0.2) is 0 Å². The van der Waals surface area contributed by atoms with Gasteiger partial charge in [-0.1, -0.05) is 128 Å². The summed E-state index contributed by atoms with van der Waals surface area (Å²) in [4.78, 5) is 13.7. The molecule has 1 saturated carbocycles. The van der Waals surface area contributed by atoms with E-state index in [1.54, 1.807) is 0 Å². The Labute approximate surface area is 248 Å². The van der Waals surface area contributed by atoms with Gasteiger partial charge in [0.15, 0.2) is 0 Å². The van der Waals surface area contributed by atoms with Crippen molar-refractivity contribution in [3.8, 4) is 11.5 Å². The number of para-hydroxylation sites is 2. The lowest BCUT2D eigenvalue weighted by Gasteiger charge is -2.28. The van der Waals surface area contributed by atoms with Crippen LogP contribution in [0.5, 0.6) is 11.5 Å². The molecular formula is C38H49NO2. The van der Waals surface area contributed by atoms with Crippen molar-refractivity contribution in [3.05, 3.63) is 89.0 Å². The van der Waals surface area contributed by atoms with Gasteiger partial charge in [0, 0.05) is 29.2 Å². The predicted octanol–water partition coefficient (Wildman–Crippen LogP) is 10.6. The Bertz CT molecular complexity index is 1270. The first-order valence-corrected chi connectivity index (χ1v) is 16.1. The Morgan fingerprint density at radius 2 is 1.56 bits per heavy atom. The summed E-state index contributed by atoms with van der Waals surface area (Å²) in [5.74, 6) is 3.40. The number of hydrogen-bond donors (Lipinski definition) is 1. The van der Waals surface area contributed by atoms with Crippen molar-refractivity contribution < 1.29 is 9.53 Å². The zero-order valence-corrected chi connectivity index (χ0v) is 25.7. The molecule has 1 heterocycles. The molecule has 1 unspecified atom stereocenters. The van der Waals surface area contributed by atoms with Crippen LogP contribution in [0.3, 0.4) is 0 Å². The number of ether oxygens (including phenoxy) is 1. The fourth-order valence-corrected chi connectivity index (χ4v) is 6.91. The van der Waals surface area contributed by atoms with Gasteiger partial charge in [-0.05, 0) is 59.4 Å². The zero-order chi connectivity index (χ0) is 28.8. The molecule has 3 aromatic rings. The Balaban J connectivity index is 1.24. The van der Waals surface area contributed by atoms with Gasteiger partial charge < -0.3 is 10.1 Å². The number of carbonyl (C=O) groups is 1. The second-order valence-electron chi connectivity index (χ2n) is 13.7. The van der Waals surface area contributed by atoms with Gasteiger partial charge in [0.05, 0.1) is 0 Å². The summed E-state index contributed by atoms with van der Waals surface area (Å²) in [5, 5.41) is 3.34. The highest BCUT2D eigenvalue weighted by Crippen LogP contribution is 2.45. The monoisotopic (exact) mass is 551 g/mol. The SMILES string of the molecule is CC(CCCC1CCCCC1)CCc1ccc(C(C)(C)C)c(NC(=O)CC2c3ccccc3Oc3ccccc32)c1. The number of anilines is 1. The summed E-state index contributed by atoms with van der Waals surface area (Å²) in [5.41, 5.74) is 5.54. The molecular weight excluding hydrogens is 502 g/mol. The minimum Gasteiger partial charge on any atom is -0.457 e. The number of rotatable bonds is 10. The van der Waals surface area contributed by atoms with E-state index < -0.39 is 0 Å². The summed E-state index contributed by atoms with van der Waals surface area (Å²) in [6, 6.07) is 22.9. The summed E-state index contributed by atoms with van der Waals surface area (Å²) in [6.07, 6.45) is 14.0. The number of fused-ring (bicyclic) bond motifs is 2. The van der Waals surface area contributed by atoms with Crippen molar-refractivity contribution in [2.24, 2.45) is 11.8 Å². The number of aryl methyl sites for hydroxylation is 1. The maximum atomic E-state index is 13.7. The maximum absolute atomic E-state index is 13.7. The number of nitrogens with one attached hydrogen (secondary N) is 1. The number of amides is 1. The molecule has 0 bridgehead atoms. The lowest BCUT2D eigenvalue weighted by Crippen LogP contribution is -2.22. The minimum absolute atomic E-state index is 0.0353. The molecule has 5 rings (SSSR count). The van der Waals surface area contributed by atoms with Crippen LogP contribution in [0.4, 0.5) is 5.69 Å². The molecule has 1 atom stereocenters. The predicted molar refractivity (Wildman–Crippen MR) is 171 cm³/mol. The van der Waals surface area contributed by atoms with Crippen molar-refractivity contribution >= 4 is 11.6 Å². The molecule has 1 aliphatic carbocycles. The molecule has 1 fully saturated rings. The highest BCUT2D eigenvalue weighted by Gasteiger charge is 2.29. The van der Waals surface area contributed by atoms with Crippen LogP contribution in [0.25, 0.3) is 0 Å². The van der Waals surface area contributed by atoms with E-state index >= 15 is 0 Å². The van der Waals surface area contributed by atoms with Crippen molar-refractivity contribution in [2.75, 3.05) is 5.32 Å². The van der Waals surface area contributed by atoms with Gasteiger partial charge in [-0.2, -0.15) is 0 Å². The summed E-state index contributed by atoms with van der Waals surface area (Å²) in [7, 11) is 0. The Morgan fingerprint density at radius 1 is 0.902 bits per heavy atom. The lowest BCUT2D eigenvalue weighted by molar-refractivity contribution is -0.116. The van der Waals surface area contributed by atoms with E-state index in [-0.39, 0.29) is 17.2 Å². The lowest BCUT2D eigenvalue weighted by atomic mass is 9.83. The molecule has 3 heteroatoms. The van der Waals surface area contributed by atoms with Crippen molar-refractivity contribution in [3.63, 3.8) is 0 Å². The molecule has 218 valence electrons. The average Bonchev–Trinajstić information content (AvgIpc) is 2.96. The largest absolute Gasteiger partial charge is 0.457 e. The van der Waals surface area contributed by atoms with Crippen LogP contribution in [-0.2, 0) is 16.6 Å².